The van der Waals surface area contributed by atoms with E-state index in [2.05, 4.69) is 5.32 Å². The molecule has 1 atom stereocenters. The van der Waals surface area contributed by atoms with Crippen molar-refractivity contribution in [3.05, 3.63) is 70.1 Å². The van der Waals surface area contributed by atoms with Crippen LogP contribution >= 0.6 is 7.60 Å². The molecule has 1 aromatic heterocycles. The minimum absolute atomic E-state index is 0.0888. The Morgan fingerprint density at radius 2 is 1.83 bits per heavy atom. The lowest BCUT2D eigenvalue weighted by Gasteiger charge is -2.13. The molecular formula is C19H19N2O7P. The molecule has 0 aliphatic carbocycles. The van der Waals surface area contributed by atoms with Gasteiger partial charge in [-0.2, -0.15) is 0 Å². The van der Waals surface area contributed by atoms with Crippen molar-refractivity contribution in [2.45, 2.75) is 18.6 Å². The molecule has 152 valence electrons. The highest BCUT2D eigenvalue weighted by atomic mass is 31.2. The van der Waals surface area contributed by atoms with Crippen LogP contribution in [0.15, 0.2) is 57.7 Å². The second-order valence-electron chi connectivity index (χ2n) is 6.59. The van der Waals surface area contributed by atoms with Crippen molar-refractivity contribution in [2.24, 2.45) is 5.73 Å². The maximum absolute atomic E-state index is 12.4. The van der Waals surface area contributed by atoms with Gasteiger partial charge in [0.1, 0.15) is 11.3 Å². The van der Waals surface area contributed by atoms with Crippen LogP contribution in [0.1, 0.15) is 11.1 Å². The molecule has 0 spiro atoms. The number of nitrogens with two attached hydrogens (primary N) is 1. The van der Waals surface area contributed by atoms with Gasteiger partial charge in [0.25, 0.3) is 0 Å². The molecule has 9 nitrogen and oxygen atoms in total. The van der Waals surface area contributed by atoms with Gasteiger partial charge in [-0.1, -0.05) is 12.1 Å². The molecule has 0 unspecified atom stereocenters. The van der Waals surface area contributed by atoms with Crippen LogP contribution < -0.4 is 16.7 Å². The molecule has 0 bridgehead atoms. The number of benzene rings is 2. The van der Waals surface area contributed by atoms with Crippen LogP contribution in [0.3, 0.4) is 0 Å². The molecule has 0 saturated carbocycles. The minimum atomic E-state index is -4.38. The molecule has 0 aliphatic rings. The van der Waals surface area contributed by atoms with E-state index < -0.39 is 31.3 Å². The van der Waals surface area contributed by atoms with Crippen molar-refractivity contribution < 1.29 is 28.7 Å². The highest BCUT2D eigenvalue weighted by Gasteiger charge is 2.19. The molecule has 3 rings (SSSR count). The summed E-state index contributed by atoms with van der Waals surface area (Å²) in [5.41, 5.74) is 6.52. The lowest BCUT2D eigenvalue weighted by Crippen LogP contribution is -2.37. The highest BCUT2D eigenvalue weighted by Crippen LogP contribution is 2.40. The van der Waals surface area contributed by atoms with Gasteiger partial charge in [-0.15, -0.1) is 0 Å². The predicted molar refractivity (Wildman–Crippen MR) is 107 cm³/mol. The first-order chi connectivity index (χ1) is 13.6. The first kappa shape index (κ1) is 20.8. The van der Waals surface area contributed by atoms with E-state index in [-0.39, 0.29) is 23.3 Å². The van der Waals surface area contributed by atoms with Gasteiger partial charge in [-0.05, 0) is 41.8 Å². The molecule has 29 heavy (non-hydrogen) atoms. The SMILES string of the molecule is N[C@H](Cc1ccc(O)cc1)C(=O)Nc1ccc2c(CP(=O)(O)O)cc(=O)oc2c1. The van der Waals surface area contributed by atoms with Gasteiger partial charge in [0.15, 0.2) is 0 Å². The number of anilines is 1. The third kappa shape index (κ3) is 5.52. The molecule has 6 N–H and O–H groups in total. The highest BCUT2D eigenvalue weighted by molar-refractivity contribution is 7.50. The summed E-state index contributed by atoms with van der Waals surface area (Å²) < 4.78 is 16.4. The number of phenolic OH excluding ortho intramolecular Hbond substituents is 1. The van der Waals surface area contributed by atoms with E-state index in [0.717, 1.165) is 11.6 Å². The van der Waals surface area contributed by atoms with Crippen molar-refractivity contribution in [3.8, 4) is 5.75 Å². The van der Waals surface area contributed by atoms with Crippen molar-refractivity contribution >= 4 is 30.2 Å². The van der Waals surface area contributed by atoms with E-state index in [1.54, 1.807) is 12.1 Å². The van der Waals surface area contributed by atoms with Crippen molar-refractivity contribution in [3.63, 3.8) is 0 Å². The Morgan fingerprint density at radius 3 is 2.48 bits per heavy atom. The summed E-state index contributed by atoms with van der Waals surface area (Å²) >= 11 is 0. The fraction of sp³-hybridized carbons (Fsp3) is 0.158. The van der Waals surface area contributed by atoms with Gasteiger partial charge in [-0.25, -0.2) is 4.79 Å². The quantitative estimate of drug-likeness (QED) is 0.298. The van der Waals surface area contributed by atoms with E-state index >= 15 is 0 Å². The molecule has 1 heterocycles. The lowest BCUT2D eigenvalue weighted by molar-refractivity contribution is -0.117. The molecule has 0 aliphatic heterocycles. The van der Waals surface area contributed by atoms with Gasteiger partial charge >= 0.3 is 13.2 Å². The summed E-state index contributed by atoms with van der Waals surface area (Å²) in [6, 6.07) is 10.9. The van der Waals surface area contributed by atoms with E-state index in [1.165, 1.54) is 30.3 Å². The number of carbonyl (C=O) groups excluding carboxylic acids is 1. The first-order valence-electron chi connectivity index (χ1n) is 8.56. The largest absolute Gasteiger partial charge is 0.508 e. The Hall–Kier alpha value is -2.97. The molecule has 0 radical (unpaired) electrons. The Morgan fingerprint density at radius 1 is 1.14 bits per heavy atom. The maximum Gasteiger partial charge on any atom is 0.336 e. The van der Waals surface area contributed by atoms with Crippen molar-refractivity contribution in [2.75, 3.05) is 5.32 Å². The van der Waals surface area contributed by atoms with Crippen LogP contribution in [0.2, 0.25) is 0 Å². The second kappa shape index (κ2) is 8.18. The number of phenols is 1. The Bertz CT molecular complexity index is 1150. The lowest BCUT2D eigenvalue weighted by atomic mass is 10.1. The second-order valence-corrected chi connectivity index (χ2v) is 8.24. The van der Waals surface area contributed by atoms with E-state index in [1.807, 2.05) is 0 Å². The summed E-state index contributed by atoms with van der Waals surface area (Å²) in [5.74, 6) is -0.353. The van der Waals surface area contributed by atoms with Crippen LogP contribution in [0.5, 0.6) is 5.75 Å². The zero-order chi connectivity index (χ0) is 21.2. The number of aromatic hydroxyl groups is 1. The summed E-state index contributed by atoms with van der Waals surface area (Å²) in [6.07, 6.45) is -0.348. The van der Waals surface area contributed by atoms with Crippen molar-refractivity contribution in [1.82, 2.24) is 0 Å². The summed E-state index contributed by atoms with van der Waals surface area (Å²) in [4.78, 5) is 42.4. The number of carbonyl (C=O) groups is 1. The number of fused-ring (bicyclic) bond motifs is 1. The van der Waals surface area contributed by atoms with Crippen LogP contribution in [-0.4, -0.2) is 26.8 Å². The van der Waals surface area contributed by atoms with E-state index in [4.69, 9.17) is 10.2 Å². The van der Waals surface area contributed by atoms with Gasteiger partial charge in [0.2, 0.25) is 5.91 Å². The normalized spacial score (nSPS) is 12.7. The fourth-order valence-electron chi connectivity index (χ4n) is 2.87. The van der Waals surface area contributed by atoms with Gasteiger partial charge in [0, 0.05) is 23.2 Å². The third-order valence-corrected chi connectivity index (χ3v) is 4.96. The van der Waals surface area contributed by atoms with Gasteiger partial charge in [-0.3, -0.25) is 9.36 Å². The fourth-order valence-corrected chi connectivity index (χ4v) is 3.58. The first-order valence-corrected chi connectivity index (χ1v) is 10.4. The van der Waals surface area contributed by atoms with E-state index in [9.17, 15) is 29.0 Å². The number of amides is 1. The summed E-state index contributed by atoms with van der Waals surface area (Å²) in [6.45, 7) is 0. The molecule has 0 saturated heterocycles. The third-order valence-electron chi connectivity index (χ3n) is 4.20. The number of hydrogen-bond acceptors (Lipinski definition) is 6. The summed E-state index contributed by atoms with van der Waals surface area (Å²) in [7, 11) is -4.38. The Kier molecular flexibility index (Phi) is 5.86. The van der Waals surface area contributed by atoms with Crippen LogP contribution in [-0.2, 0) is 21.9 Å². The smallest absolute Gasteiger partial charge is 0.336 e. The molecule has 0 fully saturated rings. The average molecular weight is 418 g/mol. The van der Waals surface area contributed by atoms with E-state index in [0.29, 0.717) is 11.1 Å². The van der Waals surface area contributed by atoms with Crippen molar-refractivity contribution in [1.29, 1.82) is 0 Å². The van der Waals surface area contributed by atoms with Crippen LogP contribution in [0, 0.1) is 0 Å². The van der Waals surface area contributed by atoms with Crippen LogP contribution in [0.25, 0.3) is 11.0 Å². The zero-order valence-electron chi connectivity index (χ0n) is 15.1. The predicted octanol–water partition coefficient (Wildman–Crippen LogP) is 1.68. The molecule has 1 amide bonds. The molecular weight excluding hydrogens is 399 g/mol. The number of hydrogen-bond donors (Lipinski definition) is 5. The average Bonchev–Trinajstić information content (AvgIpc) is 2.61. The van der Waals surface area contributed by atoms with Crippen LogP contribution in [0.4, 0.5) is 5.69 Å². The Balaban J connectivity index is 1.79. The monoisotopic (exact) mass is 418 g/mol. The summed E-state index contributed by atoms with van der Waals surface area (Å²) in [5, 5.41) is 12.3. The number of nitrogens with one attached hydrogen (secondary N) is 1. The van der Waals surface area contributed by atoms with Gasteiger partial charge < -0.3 is 30.4 Å². The maximum atomic E-state index is 12.4. The van der Waals surface area contributed by atoms with Gasteiger partial charge in [0.05, 0.1) is 12.2 Å². The standard InChI is InChI=1S/C19H19N2O7P/c20-16(7-11-1-4-14(22)5-2-11)19(24)21-13-3-6-15-12(10-29(25,26)27)8-18(23)28-17(15)9-13/h1-6,8-9,16,22H,7,10,20H2,(H,21,24)(H2,25,26,27)/t16-/m1/s1. The molecule has 10 heteroatoms. The molecule has 2 aromatic carbocycles. The minimum Gasteiger partial charge on any atom is -0.508 e. The zero-order valence-corrected chi connectivity index (χ0v) is 16.0. The topological polar surface area (TPSA) is 163 Å². The Labute approximate surface area is 164 Å². The number of rotatable bonds is 6. The molecule has 3 aromatic rings.